The third-order valence-corrected chi connectivity index (χ3v) is 5.47. The van der Waals surface area contributed by atoms with Gasteiger partial charge in [0.2, 0.25) is 5.91 Å². The number of halogens is 3. The summed E-state index contributed by atoms with van der Waals surface area (Å²) < 4.78 is 38.7. The van der Waals surface area contributed by atoms with Gasteiger partial charge in [0.05, 0.1) is 11.6 Å². The first-order chi connectivity index (χ1) is 14.3. The van der Waals surface area contributed by atoms with Crippen molar-refractivity contribution < 1.29 is 18.0 Å². The molecular formula is C21H20F3N5O. The first-order valence-electron chi connectivity index (χ1n) is 9.68. The molecule has 4 rings (SSSR count). The van der Waals surface area contributed by atoms with Gasteiger partial charge < -0.3 is 15.1 Å². The maximum Gasteiger partial charge on any atom is 0.433 e. The van der Waals surface area contributed by atoms with Crippen molar-refractivity contribution in [1.82, 2.24) is 9.88 Å². The van der Waals surface area contributed by atoms with Crippen LogP contribution < -0.4 is 10.2 Å². The molecule has 1 aromatic heterocycles. The normalized spacial score (nSPS) is 17.9. The number of anilines is 2. The quantitative estimate of drug-likeness (QED) is 0.830. The highest BCUT2D eigenvalue weighted by Crippen LogP contribution is 2.41. The molecule has 1 amide bonds. The fourth-order valence-electron chi connectivity index (χ4n) is 3.62. The Hall–Kier alpha value is -3.28. The van der Waals surface area contributed by atoms with E-state index in [9.17, 15) is 18.0 Å². The average Bonchev–Trinajstić information content (AvgIpc) is 3.54. The molecule has 2 aliphatic rings. The predicted octanol–water partition coefficient (Wildman–Crippen LogP) is 3.27. The number of benzene rings is 1. The van der Waals surface area contributed by atoms with Gasteiger partial charge in [-0.15, -0.1) is 0 Å². The van der Waals surface area contributed by atoms with Gasteiger partial charge in [0.25, 0.3) is 0 Å². The molecule has 1 aromatic carbocycles. The fourth-order valence-corrected chi connectivity index (χ4v) is 3.62. The zero-order chi connectivity index (χ0) is 21.4. The smallest absolute Gasteiger partial charge is 0.371 e. The van der Waals surface area contributed by atoms with Gasteiger partial charge in [-0.1, -0.05) is 6.07 Å². The second-order valence-corrected chi connectivity index (χ2v) is 7.55. The maximum atomic E-state index is 13.1. The first kappa shape index (κ1) is 20.0. The average molecular weight is 415 g/mol. The Balaban J connectivity index is 1.38. The Kier molecular flexibility index (Phi) is 5.02. The number of alkyl halides is 3. The van der Waals surface area contributed by atoms with Crippen LogP contribution >= 0.6 is 0 Å². The van der Waals surface area contributed by atoms with Crippen molar-refractivity contribution in [2.24, 2.45) is 0 Å². The lowest BCUT2D eigenvalue weighted by Crippen LogP contribution is -2.54. The molecule has 0 atom stereocenters. The molecule has 9 heteroatoms. The molecular weight excluding hydrogens is 395 g/mol. The maximum absolute atomic E-state index is 13.1. The van der Waals surface area contributed by atoms with Crippen molar-refractivity contribution >= 4 is 17.4 Å². The van der Waals surface area contributed by atoms with Crippen LogP contribution in [0.4, 0.5) is 24.7 Å². The van der Waals surface area contributed by atoms with Crippen molar-refractivity contribution in [3.8, 4) is 6.07 Å². The molecule has 30 heavy (non-hydrogen) atoms. The Labute approximate surface area is 171 Å². The molecule has 0 radical (unpaired) electrons. The van der Waals surface area contributed by atoms with Crippen LogP contribution in [0.1, 0.15) is 24.1 Å². The van der Waals surface area contributed by atoms with Crippen molar-refractivity contribution in [2.75, 3.05) is 36.4 Å². The van der Waals surface area contributed by atoms with Crippen LogP contribution in [0.5, 0.6) is 0 Å². The lowest BCUT2D eigenvalue weighted by atomic mass is 10.1. The summed E-state index contributed by atoms with van der Waals surface area (Å²) in [5.41, 5.74) is -0.213. The van der Waals surface area contributed by atoms with E-state index in [0.717, 1.165) is 24.6 Å². The molecule has 0 unspecified atom stereocenters. The number of piperazine rings is 1. The summed E-state index contributed by atoms with van der Waals surface area (Å²) in [6, 6.07) is 12.9. The SMILES string of the molecule is N#Cc1ccc(NC2(C(=O)N3CCN(c4cccc(C(F)(F)F)n4)CC3)CC2)cc1. The Morgan fingerprint density at radius 1 is 1.07 bits per heavy atom. The summed E-state index contributed by atoms with van der Waals surface area (Å²) in [4.78, 5) is 20.3. The summed E-state index contributed by atoms with van der Waals surface area (Å²) in [7, 11) is 0. The molecule has 1 saturated carbocycles. The van der Waals surface area contributed by atoms with E-state index in [2.05, 4.69) is 16.4 Å². The standard InChI is InChI=1S/C21H20F3N5O/c22-21(23,24)17-2-1-3-18(26-17)28-10-12-29(13-11-28)19(30)20(8-9-20)27-16-6-4-15(14-25)5-7-16/h1-7,27H,8-13H2. The number of rotatable bonds is 4. The number of carbonyl (C=O) groups excluding carboxylic acids is 1. The number of nitriles is 1. The van der Waals surface area contributed by atoms with Crippen molar-refractivity contribution in [1.29, 1.82) is 5.26 Å². The highest BCUT2D eigenvalue weighted by molar-refractivity contribution is 5.92. The van der Waals surface area contributed by atoms with E-state index in [0.29, 0.717) is 31.7 Å². The minimum atomic E-state index is -4.48. The summed E-state index contributed by atoms with van der Waals surface area (Å²) in [6.07, 6.45) is -3.04. The second kappa shape index (κ2) is 7.52. The third kappa shape index (κ3) is 4.03. The number of pyridine rings is 1. The van der Waals surface area contributed by atoms with Crippen LogP contribution in [-0.4, -0.2) is 47.5 Å². The monoisotopic (exact) mass is 415 g/mol. The fraction of sp³-hybridized carbons (Fsp3) is 0.381. The molecule has 1 aliphatic carbocycles. The molecule has 1 saturated heterocycles. The largest absolute Gasteiger partial charge is 0.433 e. The van der Waals surface area contributed by atoms with E-state index in [4.69, 9.17) is 5.26 Å². The molecule has 6 nitrogen and oxygen atoms in total. The Morgan fingerprint density at radius 2 is 1.73 bits per heavy atom. The third-order valence-electron chi connectivity index (χ3n) is 5.47. The van der Waals surface area contributed by atoms with E-state index in [1.807, 2.05) is 0 Å². The second-order valence-electron chi connectivity index (χ2n) is 7.55. The highest BCUT2D eigenvalue weighted by Gasteiger charge is 2.52. The minimum Gasteiger partial charge on any atom is -0.371 e. The van der Waals surface area contributed by atoms with Gasteiger partial charge in [0.15, 0.2) is 0 Å². The van der Waals surface area contributed by atoms with Crippen LogP contribution in [0.25, 0.3) is 0 Å². The predicted molar refractivity (Wildman–Crippen MR) is 105 cm³/mol. The van der Waals surface area contributed by atoms with Crippen molar-refractivity contribution in [3.63, 3.8) is 0 Å². The van der Waals surface area contributed by atoms with Gasteiger partial charge in [-0.3, -0.25) is 4.79 Å². The van der Waals surface area contributed by atoms with E-state index in [-0.39, 0.29) is 11.7 Å². The minimum absolute atomic E-state index is 0.00325. The van der Waals surface area contributed by atoms with Gasteiger partial charge >= 0.3 is 6.18 Å². The number of hydrogen-bond acceptors (Lipinski definition) is 5. The van der Waals surface area contributed by atoms with Crippen LogP contribution in [0.2, 0.25) is 0 Å². The Morgan fingerprint density at radius 3 is 2.30 bits per heavy atom. The van der Waals surface area contributed by atoms with E-state index in [1.165, 1.54) is 6.07 Å². The molecule has 2 fully saturated rings. The molecule has 2 aromatic rings. The first-order valence-corrected chi connectivity index (χ1v) is 9.68. The van der Waals surface area contributed by atoms with Gasteiger partial charge in [-0.2, -0.15) is 18.4 Å². The number of aromatic nitrogens is 1. The lowest BCUT2D eigenvalue weighted by molar-refractivity contribution is -0.141. The molecule has 2 heterocycles. The van der Waals surface area contributed by atoms with Gasteiger partial charge in [-0.25, -0.2) is 4.98 Å². The lowest BCUT2D eigenvalue weighted by Gasteiger charge is -2.37. The number of nitrogens with one attached hydrogen (secondary N) is 1. The molecule has 1 aliphatic heterocycles. The van der Waals surface area contributed by atoms with Gasteiger partial charge in [-0.05, 0) is 49.2 Å². The molecule has 0 bridgehead atoms. The summed E-state index contributed by atoms with van der Waals surface area (Å²) in [5, 5.41) is 12.2. The van der Waals surface area contributed by atoms with Gasteiger partial charge in [0, 0.05) is 31.9 Å². The highest BCUT2D eigenvalue weighted by atomic mass is 19.4. The zero-order valence-corrected chi connectivity index (χ0v) is 16.1. The van der Waals surface area contributed by atoms with Crippen LogP contribution in [0.3, 0.4) is 0 Å². The molecule has 156 valence electrons. The van der Waals surface area contributed by atoms with Crippen LogP contribution in [-0.2, 0) is 11.0 Å². The number of hydrogen-bond donors (Lipinski definition) is 1. The summed E-state index contributed by atoms with van der Waals surface area (Å²) >= 11 is 0. The Bertz CT molecular complexity index is 971. The van der Waals surface area contributed by atoms with Crippen LogP contribution in [0.15, 0.2) is 42.5 Å². The van der Waals surface area contributed by atoms with E-state index in [1.54, 1.807) is 40.1 Å². The van der Waals surface area contributed by atoms with Gasteiger partial charge in [0.1, 0.15) is 17.1 Å². The van der Waals surface area contributed by atoms with E-state index >= 15 is 0 Å². The number of amides is 1. The zero-order valence-electron chi connectivity index (χ0n) is 16.1. The van der Waals surface area contributed by atoms with Crippen molar-refractivity contribution in [2.45, 2.75) is 24.6 Å². The van der Waals surface area contributed by atoms with E-state index < -0.39 is 17.4 Å². The summed E-state index contributed by atoms with van der Waals surface area (Å²) in [6.45, 7) is 1.70. The molecule has 0 spiro atoms. The van der Waals surface area contributed by atoms with Crippen LogP contribution in [0, 0.1) is 11.3 Å². The number of carbonyl (C=O) groups is 1. The van der Waals surface area contributed by atoms with Crippen molar-refractivity contribution in [3.05, 3.63) is 53.7 Å². The molecule has 1 N–H and O–H groups in total. The topological polar surface area (TPSA) is 72.3 Å². The summed E-state index contributed by atoms with van der Waals surface area (Å²) in [5.74, 6) is 0.275. The number of nitrogens with zero attached hydrogens (tertiary/aromatic N) is 4.